The Balaban J connectivity index is 1.23. The van der Waals surface area contributed by atoms with Crippen LogP contribution in [0, 0.1) is 5.41 Å². The van der Waals surface area contributed by atoms with Crippen molar-refractivity contribution in [2.45, 2.75) is 44.9 Å². The third kappa shape index (κ3) is 4.48. The van der Waals surface area contributed by atoms with Crippen molar-refractivity contribution in [3.63, 3.8) is 0 Å². The number of allylic oxidation sites excluding steroid dienone is 1. The minimum Gasteiger partial charge on any atom is -0.337 e. The number of alkyl halides is 3. The van der Waals surface area contributed by atoms with E-state index in [2.05, 4.69) is 5.32 Å². The van der Waals surface area contributed by atoms with Crippen molar-refractivity contribution in [2.24, 2.45) is 5.41 Å². The molecule has 2 heterocycles. The van der Waals surface area contributed by atoms with E-state index in [0.29, 0.717) is 55.5 Å². The van der Waals surface area contributed by atoms with Gasteiger partial charge >= 0.3 is 6.18 Å². The van der Waals surface area contributed by atoms with Crippen LogP contribution in [0.1, 0.15) is 63.6 Å². The van der Waals surface area contributed by atoms with Gasteiger partial charge in [0, 0.05) is 36.2 Å². The van der Waals surface area contributed by atoms with Crippen molar-refractivity contribution >= 4 is 29.7 Å². The summed E-state index contributed by atoms with van der Waals surface area (Å²) in [6.45, 7) is 3.09. The van der Waals surface area contributed by atoms with Crippen molar-refractivity contribution in [1.82, 2.24) is 15.1 Å². The lowest BCUT2D eigenvalue weighted by molar-refractivity contribution is -0.137. The number of nitrogens with zero attached hydrogens (tertiary/aromatic N) is 2. The maximum atomic E-state index is 13.1. The highest BCUT2D eigenvalue weighted by atomic mass is 19.4. The number of hydrogen-bond donors (Lipinski definition) is 1. The van der Waals surface area contributed by atoms with Gasteiger partial charge in [-0.05, 0) is 59.9 Å². The van der Waals surface area contributed by atoms with E-state index < -0.39 is 23.7 Å². The Kier molecular flexibility index (Phi) is 6.36. The molecule has 2 aromatic rings. The topological polar surface area (TPSA) is 86.8 Å². The summed E-state index contributed by atoms with van der Waals surface area (Å²) in [5.41, 5.74) is 2.43. The number of carbonyl (C=O) groups is 4. The van der Waals surface area contributed by atoms with E-state index in [9.17, 15) is 32.3 Å². The number of rotatable bonds is 7. The number of fused-ring (bicyclic) bond motifs is 1. The number of amides is 4. The molecule has 1 N–H and O–H groups in total. The number of imide groups is 1. The lowest BCUT2D eigenvalue weighted by atomic mass is 9.64. The summed E-state index contributed by atoms with van der Waals surface area (Å²) >= 11 is 0. The van der Waals surface area contributed by atoms with Crippen LogP contribution in [0.3, 0.4) is 0 Å². The normalized spacial score (nSPS) is 18.3. The molecule has 1 atom stereocenters. The number of hydrogen-bond acceptors (Lipinski definition) is 4. The summed E-state index contributed by atoms with van der Waals surface area (Å²) in [4.78, 5) is 52.3. The second-order valence-corrected chi connectivity index (χ2v) is 10.2. The minimum absolute atomic E-state index is 0.156. The molecule has 198 valence electrons. The molecule has 4 amide bonds. The molecule has 1 fully saturated rings. The molecule has 1 aliphatic carbocycles. The molecule has 0 saturated carbocycles. The van der Waals surface area contributed by atoms with Crippen LogP contribution in [-0.4, -0.2) is 53.1 Å². The van der Waals surface area contributed by atoms with Crippen molar-refractivity contribution in [3.05, 3.63) is 76.4 Å². The second kappa shape index (κ2) is 9.41. The molecule has 7 nitrogen and oxygen atoms in total. The largest absolute Gasteiger partial charge is 0.416 e. The first kappa shape index (κ1) is 25.7. The number of nitrogens with one attached hydrogen (secondary N) is 1. The lowest BCUT2D eigenvalue weighted by Gasteiger charge is -2.54. The Labute approximate surface area is 217 Å². The number of benzene rings is 2. The van der Waals surface area contributed by atoms with Gasteiger partial charge in [0.1, 0.15) is 6.04 Å². The Morgan fingerprint density at radius 2 is 1.82 bits per heavy atom. The maximum absolute atomic E-state index is 13.1. The zero-order valence-electron chi connectivity index (χ0n) is 20.7. The van der Waals surface area contributed by atoms with Crippen LogP contribution in [0.5, 0.6) is 0 Å². The SMILES string of the molecule is CCCC(C(=O)NC=O)N1Cc2cc(C(=O)N3CC4(C=C(c5ccc(C(F)(F)F)cc5)C4)C3)ccc2C1=O. The van der Waals surface area contributed by atoms with Crippen LogP contribution in [0.4, 0.5) is 13.2 Å². The van der Waals surface area contributed by atoms with Crippen molar-refractivity contribution in [1.29, 1.82) is 0 Å². The molecule has 2 aromatic carbocycles. The molecular formula is C28H26F3N3O4. The van der Waals surface area contributed by atoms with E-state index in [1.165, 1.54) is 17.0 Å². The number of halogens is 3. The first-order valence-electron chi connectivity index (χ1n) is 12.4. The molecule has 2 aliphatic heterocycles. The van der Waals surface area contributed by atoms with Crippen LogP contribution in [0.15, 0.2) is 48.5 Å². The summed E-state index contributed by atoms with van der Waals surface area (Å²) in [6.07, 6.45) is -0.281. The van der Waals surface area contributed by atoms with Gasteiger partial charge in [0.15, 0.2) is 0 Å². The summed E-state index contributed by atoms with van der Waals surface area (Å²) in [5, 5.41) is 2.13. The summed E-state index contributed by atoms with van der Waals surface area (Å²) < 4.78 is 38.4. The summed E-state index contributed by atoms with van der Waals surface area (Å²) in [6, 6.07) is 9.24. The first-order valence-corrected chi connectivity index (χ1v) is 12.4. The zero-order valence-corrected chi connectivity index (χ0v) is 20.7. The van der Waals surface area contributed by atoms with E-state index in [1.807, 2.05) is 13.0 Å². The smallest absolute Gasteiger partial charge is 0.337 e. The number of likely N-dealkylation sites (tertiary alicyclic amines) is 1. The molecule has 5 rings (SSSR count). The second-order valence-electron chi connectivity index (χ2n) is 10.2. The Morgan fingerprint density at radius 3 is 2.42 bits per heavy atom. The maximum Gasteiger partial charge on any atom is 0.416 e. The number of carbonyl (C=O) groups excluding carboxylic acids is 4. The van der Waals surface area contributed by atoms with Gasteiger partial charge < -0.3 is 9.80 Å². The fourth-order valence-electron chi connectivity index (χ4n) is 5.61. The highest BCUT2D eigenvalue weighted by molar-refractivity contribution is 6.04. The first-order chi connectivity index (χ1) is 18.0. The predicted octanol–water partition coefficient (Wildman–Crippen LogP) is 4.03. The highest BCUT2D eigenvalue weighted by Gasteiger charge is 2.49. The molecule has 1 spiro atoms. The van der Waals surface area contributed by atoms with Crippen molar-refractivity contribution < 1.29 is 32.3 Å². The lowest BCUT2D eigenvalue weighted by Crippen LogP contribution is -2.60. The van der Waals surface area contributed by atoms with E-state index in [4.69, 9.17) is 0 Å². The van der Waals surface area contributed by atoms with Crippen LogP contribution < -0.4 is 5.32 Å². The standard InChI is InChI=1S/C28H26F3N3O4/c1-2-3-23(24(36)32-16-35)34-13-19-10-18(6-9-22(19)26(34)38)25(37)33-14-27(15-33)11-20(12-27)17-4-7-21(8-5-17)28(29,30)31/h4-11,16,23H,2-3,12-15H2,1H3,(H,32,35,36). The van der Waals surface area contributed by atoms with Gasteiger partial charge in [-0.25, -0.2) is 0 Å². The van der Waals surface area contributed by atoms with E-state index >= 15 is 0 Å². The third-order valence-corrected chi connectivity index (χ3v) is 7.53. The third-order valence-electron chi connectivity index (χ3n) is 7.53. The van der Waals surface area contributed by atoms with Crippen LogP contribution in [-0.2, 0) is 22.3 Å². The van der Waals surface area contributed by atoms with Crippen molar-refractivity contribution in [2.75, 3.05) is 13.1 Å². The quantitative estimate of drug-likeness (QED) is 0.553. The molecule has 0 aromatic heterocycles. The van der Waals surface area contributed by atoms with E-state index in [0.717, 1.165) is 23.3 Å². The molecule has 1 saturated heterocycles. The van der Waals surface area contributed by atoms with Gasteiger partial charge in [0.25, 0.3) is 11.8 Å². The van der Waals surface area contributed by atoms with Crippen LogP contribution >= 0.6 is 0 Å². The molecule has 1 unspecified atom stereocenters. The highest BCUT2D eigenvalue weighted by Crippen LogP contribution is 2.50. The van der Waals surface area contributed by atoms with Crippen molar-refractivity contribution in [3.8, 4) is 0 Å². The Hall–Kier alpha value is -3.95. The fraction of sp³-hybridized carbons (Fsp3) is 0.357. The van der Waals surface area contributed by atoms with Gasteiger partial charge in [-0.2, -0.15) is 13.2 Å². The summed E-state index contributed by atoms with van der Waals surface area (Å²) in [5.74, 6) is -1.00. The van der Waals surface area contributed by atoms with Gasteiger partial charge in [0.2, 0.25) is 12.3 Å². The van der Waals surface area contributed by atoms with E-state index in [1.54, 1.807) is 23.1 Å². The molecule has 3 aliphatic rings. The van der Waals surface area contributed by atoms with Crippen LogP contribution in [0.2, 0.25) is 0 Å². The molecule has 0 radical (unpaired) electrons. The molecule has 38 heavy (non-hydrogen) atoms. The molecular weight excluding hydrogens is 499 g/mol. The summed E-state index contributed by atoms with van der Waals surface area (Å²) in [7, 11) is 0. The van der Waals surface area contributed by atoms with Gasteiger partial charge in [-0.1, -0.05) is 31.6 Å². The predicted molar refractivity (Wildman–Crippen MR) is 132 cm³/mol. The van der Waals surface area contributed by atoms with Gasteiger partial charge in [0.05, 0.1) is 5.56 Å². The Bertz CT molecular complexity index is 1340. The molecule has 10 heteroatoms. The van der Waals surface area contributed by atoms with E-state index in [-0.39, 0.29) is 23.8 Å². The molecule has 0 bridgehead atoms. The fourth-order valence-corrected chi connectivity index (χ4v) is 5.61. The van der Waals surface area contributed by atoms with Gasteiger partial charge in [-0.15, -0.1) is 0 Å². The van der Waals surface area contributed by atoms with Gasteiger partial charge in [-0.3, -0.25) is 24.5 Å². The average Bonchev–Trinajstić information content (AvgIpc) is 3.15. The minimum atomic E-state index is -4.37. The zero-order chi connectivity index (χ0) is 27.2. The monoisotopic (exact) mass is 525 g/mol. The van der Waals surface area contributed by atoms with Crippen LogP contribution in [0.25, 0.3) is 5.57 Å². The average molecular weight is 526 g/mol. The Morgan fingerprint density at radius 1 is 1.13 bits per heavy atom.